The summed E-state index contributed by atoms with van der Waals surface area (Å²) in [6, 6.07) is 7.66. The monoisotopic (exact) mass is 208 g/mol. The summed E-state index contributed by atoms with van der Waals surface area (Å²) in [6.45, 7) is 4.20. The molecule has 0 bridgehead atoms. The van der Waals surface area contributed by atoms with E-state index in [2.05, 4.69) is 13.8 Å². The van der Waals surface area contributed by atoms with Crippen LogP contribution in [0.5, 0.6) is 5.75 Å². The molecule has 0 amide bonds. The highest BCUT2D eigenvalue weighted by molar-refractivity contribution is 5.35. The lowest BCUT2D eigenvalue weighted by Crippen LogP contribution is -2.10. The zero-order valence-corrected chi connectivity index (χ0v) is 9.73. The average Bonchev–Trinajstić information content (AvgIpc) is 2.28. The van der Waals surface area contributed by atoms with Crippen LogP contribution in [-0.2, 0) is 0 Å². The van der Waals surface area contributed by atoms with Crippen LogP contribution in [0.4, 0.5) is 0 Å². The number of aliphatic hydroxyl groups is 1. The Labute approximate surface area is 91.9 Å². The highest BCUT2D eigenvalue weighted by Crippen LogP contribution is 2.31. The maximum atomic E-state index is 10.2. The molecule has 0 saturated heterocycles. The topological polar surface area (TPSA) is 29.5 Å². The van der Waals surface area contributed by atoms with Gasteiger partial charge in [-0.1, -0.05) is 38.5 Å². The van der Waals surface area contributed by atoms with Crippen LogP contribution in [0, 0.1) is 5.92 Å². The minimum absolute atomic E-state index is 0.270. The normalized spacial score (nSPS) is 14.7. The molecule has 0 aromatic heterocycles. The molecular weight excluding hydrogens is 188 g/mol. The summed E-state index contributed by atoms with van der Waals surface area (Å²) in [5, 5.41) is 10.2. The van der Waals surface area contributed by atoms with E-state index < -0.39 is 6.10 Å². The predicted octanol–water partition coefficient (Wildman–Crippen LogP) is 3.16. The first kappa shape index (κ1) is 12.1. The third kappa shape index (κ3) is 2.96. The quantitative estimate of drug-likeness (QED) is 0.805. The van der Waals surface area contributed by atoms with Crippen LogP contribution >= 0.6 is 0 Å². The fourth-order valence-corrected chi connectivity index (χ4v) is 1.83. The van der Waals surface area contributed by atoms with Gasteiger partial charge in [0.2, 0.25) is 0 Å². The van der Waals surface area contributed by atoms with Crippen molar-refractivity contribution in [1.29, 1.82) is 0 Å². The molecule has 0 heterocycles. The Morgan fingerprint density at radius 2 is 2.00 bits per heavy atom. The zero-order valence-electron chi connectivity index (χ0n) is 9.73. The van der Waals surface area contributed by atoms with Crippen LogP contribution in [0.3, 0.4) is 0 Å². The Morgan fingerprint density at radius 1 is 1.33 bits per heavy atom. The summed E-state index contributed by atoms with van der Waals surface area (Å²) in [5.41, 5.74) is 0.890. The second-order valence-corrected chi connectivity index (χ2v) is 3.95. The molecule has 0 aliphatic rings. The summed E-state index contributed by atoms with van der Waals surface area (Å²) in [4.78, 5) is 0. The van der Waals surface area contributed by atoms with E-state index in [1.807, 2.05) is 24.3 Å². The van der Waals surface area contributed by atoms with Gasteiger partial charge in [-0.15, -0.1) is 0 Å². The minimum Gasteiger partial charge on any atom is -0.496 e. The van der Waals surface area contributed by atoms with E-state index in [4.69, 9.17) is 4.74 Å². The van der Waals surface area contributed by atoms with Crippen molar-refractivity contribution in [2.45, 2.75) is 32.8 Å². The van der Waals surface area contributed by atoms with Crippen LogP contribution in [-0.4, -0.2) is 12.2 Å². The van der Waals surface area contributed by atoms with Crippen molar-refractivity contribution < 1.29 is 9.84 Å². The Hall–Kier alpha value is -1.02. The summed E-state index contributed by atoms with van der Waals surface area (Å²) in [5.74, 6) is 1.04. The maximum Gasteiger partial charge on any atom is 0.124 e. The predicted molar refractivity (Wildman–Crippen MR) is 62.0 cm³/mol. The lowest BCUT2D eigenvalue weighted by molar-refractivity contribution is 0.109. The van der Waals surface area contributed by atoms with Crippen molar-refractivity contribution >= 4 is 0 Å². The fourth-order valence-electron chi connectivity index (χ4n) is 1.83. The molecule has 0 saturated carbocycles. The van der Waals surface area contributed by atoms with Crippen LogP contribution in [0.1, 0.15) is 38.4 Å². The second-order valence-electron chi connectivity index (χ2n) is 3.95. The van der Waals surface area contributed by atoms with Gasteiger partial charge in [0.15, 0.2) is 0 Å². The van der Waals surface area contributed by atoms with E-state index in [0.29, 0.717) is 0 Å². The van der Waals surface area contributed by atoms with Gasteiger partial charge >= 0.3 is 0 Å². The first-order valence-electron chi connectivity index (χ1n) is 5.51. The molecule has 1 rings (SSSR count). The lowest BCUT2D eigenvalue weighted by Gasteiger charge is -2.20. The summed E-state index contributed by atoms with van der Waals surface area (Å²) >= 11 is 0. The molecule has 2 unspecified atom stereocenters. The Bertz CT molecular complexity index is 296. The van der Waals surface area contributed by atoms with Gasteiger partial charge in [0.25, 0.3) is 0 Å². The largest absolute Gasteiger partial charge is 0.496 e. The molecule has 15 heavy (non-hydrogen) atoms. The van der Waals surface area contributed by atoms with E-state index in [1.165, 1.54) is 0 Å². The van der Waals surface area contributed by atoms with Crippen molar-refractivity contribution in [1.82, 2.24) is 0 Å². The number of methoxy groups -OCH3 is 1. The number of ether oxygens (including phenoxy) is 1. The molecule has 1 aromatic carbocycles. The van der Waals surface area contributed by atoms with E-state index in [-0.39, 0.29) is 5.92 Å². The second kappa shape index (κ2) is 5.76. The first-order chi connectivity index (χ1) is 7.20. The van der Waals surface area contributed by atoms with Crippen LogP contribution in [0.15, 0.2) is 24.3 Å². The Kier molecular flexibility index (Phi) is 4.63. The number of rotatable bonds is 5. The average molecular weight is 208 g/mol. The molecule has 0 aliphatic heterocycles. The SMILES string of the molecule is CCCC(C)C(O)c1ccccc1OC. The standard InChI is InChI=1S/C13H20O2/c1-4-7-10(2)13(14)11-8-5-6-9-12(11)15-3/h5-6,8-10,13-14H,4,7H2,1-3H3. The Balaban J connectivity index is 2.84. The molecule has 2 heteroatoms. The van der Waals surface area contributed by atoms with Crippen molar-refractivity contribution in [2.24, 2.45) is 5.92 Å². The van der Waals surface area contributed by atoms with Crippen molar-refractivity contribution in [3.63, 3.8) is 0 Å². The molecule has 0 radical (unpaired) electrons. The van der Waals surface area contributed by atoms with Crippen LogP contribution in [0.2, 0.25) is 0 Å². The third-order valence-corrected chi connectivity index (χ3v) is 2.74. The van der Waals surface area contributed by atoms with Crippen LogP contribution < -0.4 is 4.74 Å². The van der Waals surface area contributed by atoms with Gasteiger partial charge < -0.3 is 9.84 Å². The van der Waals surface area contributed by atoms with Gasteiger partial charge in [0.05, 0.1) is 13.2 Å². The third-order valence-electron chi connectivity index (χ3n) is 2.74. The van der Waals surface area contributed by atoms with Crippen LogP contribution in [0.25, 0.3) is 0 Å². The molecule has 84 valence electrons. The van der Waals surface area contributed by atoms with E-state index in [1.54, 1.807) is 7.11 Å². The zero-order chi connectivity index (χ0) is 11.3. The lowest BCUT2D eigenvalue weighted by atomic mass is 9.93. The molecule has 2 nitrogen and oxygen atoms in total. The van der Waals surface area contributed by atoms with E-state index in [9.17, 15) is 5.11 Å². The molecular formula is C13H20O2. The van der Waals surface area contributed by atoms with Gasteiger partial charge in [-0.05, 0) is 18.4 Å². The summed E-state index contributed by atoms with van der Waals surface area (Å²) < 4.78 is 5.23. The van der Waals surface area contributed by atoms with Gasteiger partial charge in [0.1, 0.15) is 5.75 Å². The Morgan fingerprint density at radius 3 is 2.60 bits per heavy atom. The number of aliphatic hydroxyl groups excluding tert-OH is 1. The smallest absolute Gasteiger partial charge is 0.124 e. The minimum atomic E-state index is -0.430. The fraction of sp³-hybridized carbons (Fsp3) is 0.538. The van der Waals surface area contributed by atoms with Gasteiger partial charge in [-0.25, -0.2) is 0 Å². The molecule has 0 spiro atoms. The highest BCUT2D eigenvalue weighted by atomic mass is 16.5. The number of hydrogen-bond donors (Lipinski definition) is 1. The molecule has 1 aromatic rings. The maximum absolute atomic E-state index is 10.2. The molecule has 1 N–H and O–H groups in total. The van der Waals surface area contributed by atoms with E-state index >= 15 is 0 Å². The number of para-hydroxylation sites is 1. The molecule has 0 fully saturated rings. The van der Waals surface area contributed by atoms with E-state index in [0.717, 1.165) is 24.2 Å². The van der Waals surface area contributed by atoms with Crippen molar-refractivity contribution in [3.8, 4) is 5.75 Å². The molecule has 2 atom stereocenters. The number of benzene rings is 1. The van der Waals surface area contributed by atoms with Crippen molar-refractivity contribution in [2.75, 3.05) is 7.11 Å². The van der Waals surface area contributed by atoms with Gasteiger partial charge in [-0.2, -0.15) is 0 Å². The number of hydrogen-bond acceptors (Lipinski definition) is 2. The first-order valence-corrected chi connectivity index (χ1v) is 5.51. The highest BCUT2D eigenvalue weighted by Gasteiger charge is 2.18. The van der Waals surface area contributed by atoms with Gasteiger partial charge in [0, 0.05) is 5.56 Å². The summed E-state index contributed by atoms with van der Waals surface area (Å²) in [7, 11) is 1.63. The summed E-state index contributed by atoms with van der Waals surface area (Å²) in [6.07, 6.45) is 1.69. The molecule has 0 aliphatic carbocycles. The van der Waals surface area contributed by atoms with Crippen molar-refractivity contribution in [3.05, 3.63) is 29.8 Å². The van der Waals surface area contributed by atoms with Gasteiger partial charge in [-0.3, -0.25) is 0 Å².